The smallest absolute Gasteiger partial charge is 0.154 e. The van der Waals surface area contributed by atoms with E-state index >= 15 is 0 Å². The summed E-state index contributed by atoms with van der Waals surface area (Å²) in [6.07, 6.45) is 3.11. The molecule has 0 aliphatic heterocycles. The minimum Gasteiger partial charge on any atom is -0.467 e. The molecule has 0 unspecified atom stereocenters. The Hall–Kier alpha value is -2.18. The van der Waals surface area contributed by atoms with Crippen LogP contribution in [0, 0.1) is 0 Å². The average molecular weight is 333 g/mol. The van der Waals surface area contributed by atoms with E-state index in [2.05, 4.69) is 15.3 Å². The van der Waals surface area contributed by atoms with Gasteiger partial charge in [0, 0.05) is 9.92 Å². The monoisotopic (exact) mass is 332 g/mol. The molecule has 0 atom stereocenters. The Morgan fingerprint density at radius 2 is 2.00 bits per heavy atom. The Balaban J connectivity index is 1.75. The fourth-order valence-corrected chi connectivity index (χ4v) is 2.73. The average Bonchev–Trinajstić information content (AvgIpc) is 3.04. The standard InChI is InChI=1S/C15H13ClN4OS/c16-10-3-5-12(6-4-10)22-15-13(17)14(19-9-20-15)18-8-11-2-1-7-21-11/h1-7,9H,8,17H2,(H,18,19,20). The van der Waals surface area contributed by atoms with E-state index < -0.39 is 0 Å². The number of nitrogen functional groups attached to an aromatic ring is 1. The van der Waals surface area contributed by atoms with Gasteiger partial charge in [-0.3, -0.25) is 0 Å². The molecule has 2 heterocycles. The van der Waals surface area contributed by atoms with E-state index in [1.165, 1.54) is 18.1 Å². The topological polar surface area (TPSA) is 77.0 Å². The van der Waals surface area contributed by atoms with Gasteiger partial charge in [0.25, 0.3) is 0 Å². The van der Waals surface area contributed by atoms with Gasteiger partial charge in [0.15, 0.2) is 5.82 Å². The van der Waals surface area contributed by atoms with Gasteiger partial charge in [-0.05, 0) is 36.4 Å². The number of halogens is 1. The molecule has 3 N–H and O–H groups in total. The van der Waals surface area contributed by atoms with Crippen molar-refractivity contribution in [3.63, 3.8) is 0 Å². The number of nitrogens with one attached hydrogen (secondary N) is 1. The van der Waals surface area contributed by atoms with Gasteiger partial charge in [-0.15, -0.1) is 0 Å². The molecule has 1 aromatic carbocycles. The predicted molar refractivity (Wildman–Crippen MR) is 88.1 cm³/mol. The second-order valence-electron chi connectivity index (χ2n) is 4.43. The van der Waals surface area contributed by atoms with Crippen LogP contribution in [0.2, 0.25) is 5.02 Å². The van der Waals surface area contributed by atoms with Crippen LogP contribution in [0.3, 0.4) is 0 Å². The van der Waals surface area contributed by atoms with E-state index in [1.807, 2.05) is 36.4 Å². The van der Waals surface area contributed by atoms with E-state index in [9.17, 15) is 0 Å². The minimum atomic E-state index is 0.508. The van der Waals surface area contributed by atoms with E-state index in [0.29, 0.717) is 28.1 Å². The second-order valence-corrected chi connectivity index (χ2v) is 5.93. The van der Waals surface area contributed by atoms with Crippen LogP contribution in [-0.4, -0.2) is 9.97 Å². The number of rotatable bonds is 5. The summed E-state index contributed by atoms with van der Waals surface area (Å²) in [5.41, 5.74) is 6.64. The number of nitrogens with zero attached hydrogens (tertiary/aromatic N) is 2. The largest absolute Gasteiger partial charge is 0.467 e. The number of aromatic nitrogens is 2. The quantitative estimate of drug-likeness (QED) is 0.686. The summed E-state index contributed by atoms with van der Waals surface area (Å²) in [6.45, 7) is 0.513. The number of hydrogen-bond acceptors (Lipinski definition) is 6. The van der Waals surface area contributed by atoms with Crippen LogP contribution in [-0.2, 0) is 6.54 Å². The minimum absolute atomic E-state index is 0.508. The van der Waals surface area contributed by atoms with Crippen LogP contribution in [0.4, 0.5) is 11.5 Å². The van der Waals surface area contributed by atoms with Crippen molar-refractivity contribution in [3.05, 3.63) is 59.8 Å². The van der Waals surface area contributed by atoms with Gasteiger partial charge >= 0.3 is 0 Å². The predicted octanol–water partition coefficient (Wildman–Crippen LogP) is 4.07. The van der Waals surface area contributed by atoms with Crippen molar-refractivity contribution in [3.8, 4) is 0 Å². The molecule has 0 fully saturated rings. The van der Waals surface area contributed by atoms with Crippen molar-refractivity contribution in [2.75, 3.05) is 11.1 Å². The third-order valence-corrected chi connectivity index (χ3v) is 4.16. The summed E-state index contributed by atoms with van der Waals surface area (Å²) >= 11 is 7.35. The van der Waals surface area contributed by atoms with Crippen molar-refractivity contribution >= 4 is 34.9 Å². The summed E-state index contributed by atoms with van der Waals surface area (Å²) in [6, 6.07) is 11.2. The SMILES string of the molecule is Nc1c(NCc2ccco2)ncnc1Sc1ccc(Cl)cc1. The van der Waals surface area contributed by atoms with Crippen LogP contribution < -0.4 is 11.1 Å². The summed E-state index contributed by atoms with van der Waals surface area (Å²) in [4.78, 5) is 9.41. The fraction of sp³-hybridized carbons (Fsp3) is 0.0667. The highest BCUT2D eigenvalue weighted by molar-refractivity contribution is 7.99. The van der Waals surface area contributed by atoms with Gasteiger partial charge in [-0.25, -0.2) is 9.97 Å². The third kappa shape index (κ3) is 3.52. The lowest BCUT2D eigenvalue weighted by Gasteiger charge is -2.10. The lowest BCUT2D eigenvalue weighted by Crippen LogP contribution is -2.05. The zero-order chi connectivity index (χ0) is 15.4. The molecule has 3 rings (SSSR count). The molecular weight excluding hydrogens is 320 g/mol. The van der Waals surface area contributed by atoms with E-state index in [1.54, 1.807) is 6.26 Å². The molecule has 0 saturated carbocycles. The van der Waals surface area contributed by atoms with Gasteiger partial charge in [0.05, 0.1) is 12.8 Å². The molecule has 0 saturated heterocycles. The highest BCUT2D eigenvalue weighted by Crippen LogP contribution is 2.33. The highest BCUT2D eigenvalue weighted by Gasteiger charge is 2.10. The third-order valence-electron chi connectivity index (χ3n) is 2.89. The lowest BCUT2D eigenvalue weighted by atomic mass is 10.4. The molecular formula is C15H13ClN4OS. The molecule has 0 aliphatic rings. The van der Waals surface area contributed by atoms with Crippen molar-refractivity contribution in [1.29, 1.82) is 0 Å². The summed E-state index contributed by atoms with van der Waals surface area (Å²) in [7, 11) is 0. The van der Waals surface area contributed by atoms with Gasteiger partial charge in [-0.1, -0.05) is 23.4 Å². The molecule has 3 aromatic rings. The zero-order valence-corrected chi connectivity index (χ0v) is 13.1. The van der Waals surface area contributed by atoms with Crippen molar-refractivity contribution in [1.82, 2.24) is 9.97 Å². The van der Waals surface area contributed by atoms with E-state index in [-0.39, 0.29) is 0 Å². The number of nitrogens with two attached hydrogens (primary N) is 1. The molecule has 22 heavy (non-hydrogen) atoms. The Bertz CT molecular complexity index is 747. The molecule has 7 heteroatoms. The maximum Gasteiger partial charge on any atom is 0.154 e. The molecule has 2 aromatic heterocycles. The fourth-order valence-electron chi connectivity index (χ4n) is 1.80. The first-order valence-electron chi connectivity index (χ1n) is 6.52. The van der Waals surface area contributed by atoms with Gasteiger partial charge in [0.2, 0.25) is 0 Å². The van der Waals surface area contributed by atoms with Crippen LogP contribution in [0.5, 0.6) is 0 Å². The number of hydrogen-bond donors (Lipinski definition) is 2. The van der Waals surface area contributed by atoms with Crippen molar-refractivity contribution in [2.45, 2.75) is 16.5 Å². The highest BCUT2D eigenvalue weighted by atomic mass is 35.5. The van der Waals surface area contributed by atoms with Gasteiger partial charge in [0.1, 0.15) is 22.8 Å². The molecule has 0 spiro atoms. The van der Waals surface area contributed by atoms with Gasteiger partial charge in [-0.2, -0.15) is 0 Å². The first-order valence-corrected chi connectivity index (χ1v) is 7.72. The zero-order valence-electron chi connectivity index (χ0n) is 11.5. The molecule has 0 bridgehead atoms. The van der Waals surface area contributed by atoms with Gasteiger partial charge < -0.3 is 15.5 Å². The molecule has 0 radical (unpaired) electrons. The molecule has 5 nitrogen and oxygen atoms in total. The maximum absolute atomic E-state index is 6.14. The van der Waals surface area contributed by atoms with Crippen molar-refractivity contribution in [2.24, 2.45) is 0 Å². The van der Waals surface area contributed by atoms with Crippen LogP contribution in [0.25, 0.3) is 0 Å². The first-order chi connectivity index (χ1) is 10.7. The second kappa shape index (κ2) is 6.72. The summed E-state index contributed by atoms with van der Waals surface area (Å²) in [5.74, 6) is 1.40. The summed E-state index contributed by atoms with van der Waals surface area (Å²) in [5, 5.41) is 4.54. The lowest BCUT2D eigenvalue weighted by molar-refractivity contribution is 0.518. The van der Waals surface area contributed by atoms with Crippen LogP contribution >= 0.6 is 23.4 Å². The number of benzene rings is 1. The Morgan fingerprint density at radius 1 is 1.18 bits per heavy atom. The first kappa shape index (κ1) is 14.7. The molecule has 0 amide bonds. The van der Waals surface area contributed by atoms with E-state index in [0.717, 1.165) is 10.7 Å². The number of furan rings is 1. The van der Waals surface area contributed by atoms with Crippen LogP contribution in [0.1, 0.15) is 5.76 Å². The normalized spacial score (nSPS) is 10.6. The Morgan fingerprint density at radius 3 is 2.73 bits per heavy atom. The number of anilines is 2. The maximum atomic E-state index is 6.14. The summed E-state index contributed by atoms with van der Waals surface area (Å²) < 4.78 is 5.27. The molecule has 112 valence electrons. The van der Waals surface area contributed by atoms with Crippen molar-refractivity contribution < 1.29 is 4.42 Å². The Kier molecular flexibility index (Phi) is 4.50. The Labute approximate surface area is 136 Å². The molecule has 0 aliphatic carbocycles. The van der Waals surface area contributed by atoms with Crippen LogP contribution in [0.15, 0.2) is 63.3 Å². The van der Waals surface area contributed by atoms with E-state index in [4.69, 9.17) is 21.8 Å².